The Kier molecular flexibility index (Phi) is 4.03. The summed E-state index contributed by atoms with van der Waals surface area (Å²) in [7, 11) is 0. The second-order valence-electron chi connectivity index (χ2n) is 1.31. The summed E-state index contributed by atoms with van der Waals surface area (Å²) in [6, 6.07) is 0. The average molecular weight is 114 g/mol. The van der Waals surface area contributed by atoms with Crippen LogP contribution in [0.3, 0.4) is 0 Å². The van der Waals surface area contributed by atoms with Crippen molar-refractivity contribution in [2.45, 2.75) is 13.8 Å². The minimum absolute atomic E-state index is 0.412. The van der Waals surface area contributed by atoms with E-state index in [0.717, 1.165) is 13.1 Å². The Balaban J connectivity index is 3.29. The van der Waals surface area contributed by atoms with Crippen LogP contribution < -0.4 is 11.1 Å². The molecule has 3 nitrogen and oxygen atoms in total. The fourth-order valence-electron chi connectivity index (χ4n) is 0.374. The molecule has 0 aromatic rings. The molecule has 3 heteroatoms. The zero-order chi connectivity index (χ0) is 6.41. The molecule has 0 atom stereocenters. The van der Waals surface area contributed by atoms with Crippen molar-refractivity contribution < 1.29 is 0 Å². The first-order valence-corrected chi connectivity index (χ1v) is 2.78. The molecule has 0 unspecified atom stereocenters. The highest BCUT2D eigenvalue weighted by Gasteiger charge is 1.83. The van der Waals surface area contributed by atoms with Crippen LogP contribution in [-0.2, 0) is 0 Å². The van der Waals surface area contributed by atoms with Crippen molar-refractivity contribution in [1.29, 1.82) is 0 Å². The number of hydrogen-bond acceptors (Lipinski definition) is 1. The summed E-state index contributed by atoms with van der Waals surface area (Å²) in [6.45, 7) is 5.29. The highest BCUT2D eigenvalue weighted by atomic mass is 15.1. The molecular weight excluding hydrogens is 102 g/mol. The van der Waals surface area contributed by atoms with Crippen LogP contribution in [0.2, 0.25) is 0 Å². The monoisotopic (exact) mass is 114 g/mol. The topological polar surface area (TPSA) is 52.5 Å². The van der Waals surface area contributed by atoms with Crippen LogP contribution in [0, 0.1) is 0 Å². The second-order valence-corrected chi connectivity index (χ2v) is 1.31. The number of guanidine groups is 1. The van der Waals surface area contributed by atoms with Gasteiger partial charge in [-0.1, -0.05) is 0 Å². The van der Waals surface area contributed by atoms with Crippen LogP contribution in [-0.4, -0.2) is 19.0 Å². The molecule has 0 saturated heterocycles. The lowest BCUT2D eigenvalue weighted by molar-refractivity contribution is 0.920. The Morgan fingerprint density at radius 3 is 2.38 bits per heavy atom. The number of hydrogen-bond donors (Lipinski definition) is 1. The van der Waals surface area contributed by atoms with Gasteiger partial charge in [0.05, 0.1) is 0 Å². The maximum absolute atomic E-state index is 5.28. The van der Waals surface area contributed by atoms with Gasteiger partial charge >= 0.3 is 0 Å². The Hall–Kier alpha value is -0.730. The van der Waals surface area contributed by atoms with Gasteiger partial charge in [-0.3, -0.25) is 10.3 Å². The first-order valence-electron chi connectivity index (χ1n) is 2.78. The quantitative estimate of drug-likeness (QED) is 0.397. The van der Waals surface area contributed by atoms with Crippen LogP contribution in [0.4, 0.5) is 0 Å². The first kappa shape index (κ1) is 7.27. The third-order valence-electron chi connectivity index (χ3n) is 0.640. The lowest BCUT2D eigenvalue weighted by Crippen LogP contribution is -2.24. The van der Waals surface area contributed by atoms with E-state index in [1.54, 1.807) is 0 Å². The van der Waals surface area contributed by atoms with Crippen molar-refractivity contribution >= 4 is 5.96 Å². The van der Waals surface area contributed by atoms with E-state index in [1.165, 1.54) is 0 Å². The summed E-state index contributed by atoms with van der Waals surface area (Å²) in [5, 5.41) is 3.84. The van der Waals surface area contributed by atoms with Gasteiger partial charge in [-0.15, -0.1) is 0 Å². The van der Waals surface area contributed by atoms with E-state index in [4.69, 9.17) is 5.73 Å². The fraction of sp³-hybridized carbons (Fsp3) is 0.800. The first-order chi connectivity index (χ1) is 3.81. The van der Waals surface area contributed by atoms with Gasteiger partial charge in [-0.2, -0.15) is 0 Å². The molecule has 2 N–H and O–H groups in total. The molecular formula is C5H12N3. The third-order valence-corrected chi connectivity index (χ3v) is 0.640. The van der Waals surface area contributed by atoms with E-state index >= 15 is 0 Å². The van der Waals surface area contributed by atoms with Crippen LogP contribution in [0.1, 0.15) is 13.8 Å². The molecule has 0 aliphatic rings. The maximum atomic E-state index is 5.28. The molecule has 0 rings (SSSR count). The van der Waals surface area contributed by atoms with Crippen LogP contribution in [0.15, 0.2) is 4.99 Å². The normalized spacial score (nSPS) is 11.5. The number of nitrogens with two attached hydrogens (primary N) is 1. The Bertz CT molecular complexity index is 77.7. The molecule has 0 spiro atoms. The highest BCUT2D eigenvalue weighted by molar-refractivity contribution is 5.77. The summed E-state index contributed by atoms with van der Waals surface area (Å²) in [5.41, 5.74) is 5.28. The molecule has 0 aromatic carbocycles. The molecule has 0 saturated carbocycles. The zero-order valence-corrected chi connectivity index (χ0v) is 5.39. The van der Waals surface area contributed by atoms with Crippen molar-refractivity contribution in [1.82, 2.24) is 5.32 Å². The highest BCUT2D eigenvalue weighted by Crippen LogP contribution is 1.66. The van der Waals surface area contributed by atoms with Gasteiger partial charge < -0.3 is 5.73 Å². The minimum atomic E-state index is 0.412. The molecule has 1 radical (unpaired) electrons. The van der Waals surface area contributed by atoms with Gasteiger partial charge in [0.1, 0.15) is 0 Å². The molecule has 0 aliphatic heterocycles. The molecule has 8 heavy (non-hydrogen) atoms. The largest absolute Gasteiger partial charge is 0.368 e. The van der Waals surface area contributed by atoms with Crippen molar-refractivity contribution in [3.8, 4) is 0 Å². The lowest BCUT2D eigenvalue weighted by atomic mass is 10.7. The van der Waals surface area contributed by atoms with E-state index in [-0.39, 0.29) is 0 Å². The zero-order valence-electron chi connectivity index (χ0n) is 5.39. The molecule has 0 aromatic heterocycles. The van der Waals surface area contributed by atoms with Gasteiger partial charge in [-0.25, -0.2) is 0 Å². The SMILES string of the molecule is CC[N]/C(N)=N/CC. The van der Waals surface area contributed by atoms with Crippen molar-refractivity contribution in [2.24, 2.45) is 10.7 Å². The van der Waals surface area contributed by atoms with Crippen molar-refractivity contribution in [3.63, 3.8) is 0 Å². The summed E-state index contributed by atoms with van der Waals surface area (Å²) in [6.07, 6.45) is 0. The van der Waals surface area contributed by atoms with E-state index in [0.29, 0.717) is 5.96 Å². The summed E-state index contributed by atoms with van der Waals surface area (Å²) in [5.74, 6) is 0.412. The van der Waals surface area contributed by atoms with Gasteiger partial charge in [0.25, 0.3) is 0 Å². The fourth-order valence-corrected chi connectivity index (χ4v) is 0.374. The Labute approximate surface area is 50.0 Å². The smallest absolute Gasteiger partial charge is 0.210 e. The second kappa shape index (κ2) is 4.43. The van der Waals surface area contributed by atoms with Crippen LogP contribution in [0.5, 0.6) is 0 Å². The van der Waals surface area contributed by atoms with Crippen LogP contribution in [0.25, 0.3) is 0 Å². The molecule has 0 amide bonds. The van der Waals surface area contributed by atoms with E-state index in [1.807, 2.05) is 13.8 Å². The number of nitrogens with zero attached hydrogens (tertiary/aromatic N) is 2. The third kappa shape index (κ3) is 3.46. The molecule has 0 fully saturated rings. The van der Waals surface area contributed by atoms with E-state index in [9.17, 15) is 0 Å². The molecule has 0 heterocycles. The lowest BCUT2D eigenvalue weighted by Gasteiger charge is -1.94. The number of aliphatic imine (C=N–C) groups is 1. The van der Waals surface area contributed by atoms with Crippen LogP contribution >= 0.6 is 0 Å². The van der Waals surface area contributed by atoms with Gasteiger partial charge in [0.15, 0.2) is 0 Å². The van der Waals surface area contributed by atoms with Gasteiger partial charge in [-0.05, 0) is 13.8 Å². The predicted molar refractivity (Wildman–Crippen MR) is 34.8 cm³/mol. The van der Waals surface area contributed by atoms with Crippen molar-refractivity contribution in [2.75, 3.05) is 13.1 Å². The Morgan fingerprint density at radius 1 is 1.38 bits per heavy atom. The summed E-state index contributed by atoms with van der Waals surface area (Å²) in [4.78, 5) is 3.84. The van der Waals surface area contributed by atoms with E-state index in [2.05, 4.69) is 10.3 Å². The Morgan fingerprint density at radius 2 is 2.00 bits per heavy atom. The van der Waals surface area contributed by atoms with Crippen molar-refractivity contribution in [3.05, 3.63) is 0 Å². The predicted octanol–water partition coefficient (Wildman–Crippen LogP) is -0.0547. The summed E-state index contributed by atoms with van der Waals surface area (Å²) < 4.78 is 0. The van der Waals surface area contributed by atoms with Gasteiger partial charge in [0, 0.05) is 13.1 Å². The minimum Gasteiger partial charge on any atom is -0.368 e. The summed E-state index contributed by atoms with van der Waals surface area (Å²) >= 11 is 0. The van der Waals surface area contributed by atoms with Gasteiger partial charge in [0.2, 0.25) is 5.96 Å². The molecule has 0 aliphatic carbocycles. The number of rotatable bonds is 2. The van der Waals surface area contributed by atoms with E-state index < -0.39 is 0 Å². The average Bonchev–Trinajstić information content (AvgIpc) is 1.68. The standard InChI is InChI=1S/C5H12N3/c1-3-7-5(6)8-4-2/h3-4H2,1-2H3,(H2,6,7). The molecule has 47 valence electrons. The molecule has 0 bridgehead atoms. The maximum Gasteiger partial charge on any atom is 0.210 e.